The Hall–Kier alpha value is -0.780. The zero-order valence-corrected chi connectivity index (χ0v) is 8.11. The van der Waals surface area contributed by atoms with E-state index in [4.69, 9.17) is 0 Å². The molecule has 72 valence electrons. The molecular formula is C7H5BrF3NO. The maximum atomic E-state index is 12.9. The Bertz CT molecular complexity index is 319. The van der Waals surface area contributed by atoms with Gasteiger partial charge in [0.05, 0.1) is 7.11 Å². The minimum absolute atomic E-state index is 0.117. The summed E-state index contributed by atoms with van der Waals surface area (Å²) in [5.74, 6) is -1.43. The first-order chi connectivity index (χ1) is 6.06. The predicted octanol–water partition coefficient (Wildman–Crippen LogP) is 2.93. The minimum atomic E-state index is -2.93. The summed E-state index contributed by atoms with van der Waals surface area (Å²) in [6, 6.07) is 0.865. The number of hydrogen-bond acceptors (Lipinski definition) is 2. The number of ether oxygens (including phenoxy) is 1. The second-order valence-electron chi connectivity index (χ2n) is 2.15. The van der Waals surface area contributed by atoms with E-state index in [9.17, 15) is 13.2 Å². The molecule has 0 N–H and O–H groups in total. The van der Waals surface area contributed by atoms with Crippen LogP contribution >= 0.6 is 15.9 Å². The van der Waals surface area contributed by atoms with Gasteiger partial charge in [-0.1, -0.05) is 0 Å². The van der Waals surface area contributed by atoms with Crippen molar-refractivity contribution in [3.8, 4) is 5.88 Å². The molecule has 13 heavy (non-hydrogen) atoms. The lowest BCUT2D eigenvalue weighted by molar-refractivity contribution is 0.140. The van der Waals surface area contributed by atoms with Gasteiger partial charge in [-0.15, -0.1) is 0 Å². The van der Waals surface area contributed by atoms with Crippen LogP contribution in [0.5, 0.6) is 5.88 Å². The maximum Gasteiger partial charge on any atom is 0.271 e. The third kappa shape index (κ3) is 2.12. The Morgan fingerprint density at radius 1 is 1.54 bits per heavy atom. The Balaban J connectivity index is 3.30. The quantitative estimate of drug-likeness (QED) is 0.759. The van der Waals surface area contributed by atoms with Crippen molar-refractivity contribution in [2.45, 2.75) is 6.43 Å². The average molecular weight is 256 g/mol. The summed E-state index contributed by atoms with van der Waals surface area (Å²) in [5.41, 5.74) is -0.814. The van der Waals surface area contributed by atoms with E-state index in [0.29, 0.717) is 0 Å². The van der Waals surface area contributed by atoms with E-state index < -0.39 is 23.7 Å². The van der Waals surface area contributed by atoms with E-state index in [1.807, 2.05) is 0 Å². The number of pyridine rings is 1. The summed E-state index contributed by atoms with van der Waals surface area (Å²) in [7, 11) is 1.15. The second kappa shape index (κ2) is 3.95. The molecule has 1 aromatic rings. The van der Waals surface area contributed by atoms with Crippen molar-refractivity contribution >= 4 is 15.9 Å². The monoisotopic (exact) mass is 255 g/mol. The summed E-state index contributed by atoms with van der Waals surface area (Å²) in [6.45, 7) is 0. The summed E-state index contributed by atoms with van der Waals surface area (Å²) < 4.78 is 42.0. The lowest BCUT2D eigenvalue weighted by atomic mass is 10.2. The van der Waals surface area contributed by atoms with Gasteiger partial charge in [0.2, 0.25) is 5.88 Å². The predicted molar refractivity (Wildman–Crippen MR) is 43.4 cm³/mol. The van der Waals surface area contributed by atoms with Crippen molar-refractivity contribution in [3.05, 3.63) is 22.1 Å². The highest BCUT2D eigenvalue weighted by atomic mass is 79.9. The van der Waals surface area contributed by atoms with Gasteiger partial charge in [-0.3, -0.25) is 0 Å². The van der Waals surface area contributed by atoms with Crippen LogP contribution in [0.1, 0.15) is 12.0 Å². The third-order valence-corrected chi connectivity index (χ3v) is 1.76. The molecule has 0 unspecified atom stereocenters. The van der Waals surface area contributed by atoms with Crippen LogP contribution in [0.2, 0.25) is 0 Å². The molecule has 1 aromatic heterocycles. The molecule has 0 aliphatic rings. The van der Waals surface area contributed by atoms with Gasteiger partial charge in [-0.2, -0.15) is 0 Å². The van der Waals surface area contributed by atoms with Crippen molar-refractivity contribution in [3.63, 3.8) is 0 Å². The molecule has 6 heteroatoms. The number of halogens is 4. The SMILES string of the molecule is COc1nc(Br)cc(F)c1C(F)F. The van der Waals surface area contributed by atoms with Crippen LogP contribution in [0.15, 0.2) is 10.7 Å². The molecule has 1 heterocycles. The number of hydrogen-bond donors (Lipinski definition) is 0. The highest BCUT2D eigenvalue weighted by molar-refractivity contribution is 9.10. The lowest BCUT2D eigenvalue weighted by Gasteiger charge is -2.07. The van der Waals surface area contributed by atoms with Gasteiger partial charge in [-0.05, 0) is 15.9 Å². The molecule has 1 rings (SSSR count). The fourth-order valence-corrected chi connectivity index (χ4v) is 1.19. The smallest absolute Gasteiger partial charge is 0.271 e. The van der Waals surface area contributed by atoms with Gasteiger partial charge in [0, 0.05) is 6.07 Å². The zero-order valence-electron chi connectivity index (χ0n) is 6.52. The minimum Gasteiger partial charge on any atom is -0.481 e. The van der Waals surface area contributed by atoms with Gasteiger partial charge in [-0.25, -0.2) is 18.2 Å². The number of aromatic nitrogens is 1. The largest absolute Gasteiger partial charge is 0.481 e. The van der Waals surface area contributed by atoms with Crippen LogP contribution in [0, 0.1) is 5.82 Å². The van der Waals surface area contributed by atoms with E-state index in [1.165, 1.54) is 0 Å². The van der Waals surface area contributed by atoms with E-state index in [2.05, 4.69) is 25.7 Å². The number of nitrogens with zero attached hydrogens (tertiary/aromatic N) is 1. The molecule has 0 fully saturated rings. The van der Waals surface area contributed by atoms with Crippen LogP contribution in [0.25, 0.3) is 0 Å². The Kier molecular flexibility index (Phi) is 3.13. The fourth-order valence-electron chi connectivity index (χ4n) is 0.827. The Morgan fingerprint density at radius 2 is 2.15 bits per heavy atom. The van der Waals surface area contributed by atoms with Gasteiger partial charge in [0.1, 0.15) is 16.0 Å². The van der Waals surface area contributed by atoms with Crippen LogP contribution in [-0.4, -0.2) is 12.1 Å². The first-order valence-electron chi connectivity index (χ1n) is 3.24. The van der Waals surface area contributed by atoms with Crippen molar-refractivity contribution in [1.82, 2.24) is 4.98 Å². The highest BCUT2D eigenvalue weighted by Crippen LogP contribution is 2.31. The molecule has 0 aromatic carbocycles. The summed E-state index contributed by atoms with van der Waals surface area (Å²) in [4.78, 5) is 3.55. The molecule has 0 amide bonds. The maximum absolute atomic E-state index is 12.9. The molecule has 0 atom stereocenters. The zero-order chi connectivity index (χ0) is 10.0. The van der Waals surface area contributed by atoms with Crippen molar-refractivity contribution in [2.75, 3.05) is 7.11 Å². The van der Waals surface area contributed by atoms with Gasteiger partial charge < -0.3 is 4.74 Å². The van der Waals surface area contributed by atoms with Gasteiger partial charge in [0.15, 0.2) is 0 Å². The summed E-state index contributed by atoms with van der Waals surface area (Å²) in [6.07, 6.45) is -2.93. The Labute approximate surface area is 80.9 Å². The molecule has 0 radical (unpaired) electrons. The highest BCUT2D eigenvalue weighted by Gasteiger charge is 2.21. The van der Waals surface area contributed by atoms with Crippen molar-refractivity contribution in [2.24, 2.45) is 0 Å². The fraction of sp³-hybridized carbons (Fsp3) is 0.286. The molecule has 0 aliphatic carbocycles. The number of rotatable bonds is 2. The van der Waals surface area contributed by atoms with Crippen LogP contribution in [0.3, 0.4) is 0 Å². The molecule has 0 bridgehead atoms. The number of methoxy groups -OCH3 is 1. The second-order valence-corrected chi connectivity index (χ2v) is 2.96. The van der Waals surface area contributed by atoms with Crippen molar-refractivity contribution < 1.29 is 17.9 Å². The van der Waals surface area contributed by atoms with E-state index in [0.717, 1.165) is 13.2 Å². The van der Waals surface area contributed by atoms with Crippen LogP contribution < -0.4 is 4.74 Å². The standard InChI is InChI=1S/C7H5BrF3NO/c1-13-7-5(6(10)11)3(9)2-4(8)12-7/h2,6H,1H3. The summed E-state index contributed by atoms with van der Waals surface area (Å²) >= 11 is 2.86. The Morgan fingerprint density at radius 3 is 2.62 bits per heavy atom. The molecular weight excluding hydrogens is 251 g/mol. The molecule has 2 nitrogen and oxygen atoms in total. The van der Waals surface area contributed by atoms with Crippen molar-refractivity contribution in [1.29, 1.82) is 0 Å². The van der Waals surface area contributed by atoms with Gasteiger partial charge in [0.25, 0.3) is 6.43 Å². The molecule has 0 aliphatic heterocycles. The molecule has 0 spiro atoms. The lowest BCUT2D eigenvalue weighted by Crippen LogP contribution is -1.99. The normalized spacial score (nSPS) is 10.6. The number of alkyl halides is 2. The van der Waals surface area contributed by atoms with E-state index in [-0.39, 0.29) is 4.60 Å². The van der Waals surface area contributed by atoms with Crippen LogP contribution in [-0.2, 0) is 0 Å². The summed E-state index contributed by atoms with van der Waals surface area (Å²) in [5, 5.41) is 0. The van der Waals surface area contributed by atoms with Gasteiger partial charge >= 0.3 is 0 Å². The van der Waals surface area contributed by atoms with Crippen LogP contribution in [0.4, 0.5) is 13.2 Å². The van der Waals surface area contributed by atoms with E-state index in [1.54, 1.807) is 0 Å². The topological polar surface area (TPSA) is 22.1 Å². The molecule has 0 saturated carbocycles. The average Bonchev–Trinajstić information content (AvgIpc) is 2.01. The van der Waals surface area contributed by atoms with E-state index >= 15 is 0 Å². The molecule has 0 saturated heterocycles. The first-order valence-corrected chi connectivity index (χ1v) is 4.03. The third-order valence-electron chi connectivity index (χ3n) is 1.35. The first kappa shape index (κ1) is 10.3.